The van der Waals surface area contributed by atoms with Gasteiger partial charge in [0, 0.05) is 7.05 Å². The first-order chi connectivity index (χ1) is 8.49. The van der Waals surface area contributed by atoms with Gasteiger partial charge in [0.05, 0.1) is 33.7 Å². The topological polar surface area (TPSA) is 29.9 Å². The lowest BCUT2D eigenvalue weighted by atomic mass is 10.3. The molecule has 0 saturated heterocycles. The zero-order valence-corrected chi connectivity index (χ0v) is 11.5. The Morgan fingerprint density at radius 1 is 1.39 bits per heavy atom. The first kappa shape index (κ1) is 13.2. The lowest BCUT2D eigenvalue weighted by Crippen LogP contribution is -2.06. The maximum atomic E-state index is 13.1. The van der Waals surface area contributed by atoms with Crippen molar-refractivity contribution in [2.24, 2.45) is 7.05 Å². The smallest absolute Gasteiger partial charge is 0.125 e. The fourth-order valence-electron chi connectivity index (χ4n) is 1.68. The number of nitrogens with one attached hydrogen (secondary N) is 1. The van der Waals surface area contributed by atoms with Crippen LogP contribution >= 0.6 is 23.2 Å². The predicted octanol–water partition coefficient (Wildman–Crippen LogP) is 3.79. The Morgan fingerprint density at radius 3 is 2.72 bits per heavy atom. The van der Waals surface area contributed by atoms with Crippen LogP contribution in [0, 0.1) is 12.7 Å². The van der Waals surface area contributed by atoms with E-state index < -0.39 is 0 Å². The van der Waals surface area contributed by atoms with Crippen LogP contribution < -0.4 is 5.32 Å². The predicted molar refractivity (Wildman–Crippen MR) is 71.7 cm³/mol. The Bertz CT molecular complexity index is 581. The highest BCUT2D eigenvalue weighted by Crippen LogP contribution is 2.25. The van der Waals surface area contributed by atoms with Gasteiger partial charge in [-0.3, -0.25) is 4.68 Å². The zero-order valence-electron chi connectivity index (χ0n) is 9.97. The van der Waals surface area contributed by atoms with Gasteiger partial charge in [-0.05, 0) is 25.1 Å². The normalized spacial score (nSPS) is 10.7. The molecule has 0 amide bonds. The molecule has 2 aromatic rings. The SMILES string of the molecule is Cc1nn(C)c(CNc2cc(F)ccc2Cl)c1Cl. The third-order valence-corrected chi connectivity index (χ3v) is 3.46. The summed E-state index contributed by atoms with van der Waals surface area (Å²) in [5.41, 5.74) is 2.13. The number of halogens is 3. The summed E-state index contributed by atoms with van der Waals surface area (Å²) in [7, 11) is 1.81. The van der Waals surface area contributed by atoms with Gasteiger partial charge in [-0.1, -0.05) is 23.2 Å². The van der Waals surface area contributed by atoms with Crippen LogP contribution in [0.5, 0.6) is 0 Å². The standard InChI is InChI=1S/C12H12Cl2FN3/c1-7-12(14)11(18(2)17-7)6-16-10-5-8(15)3-4-9(10)13/h3-5,16H,6H2,1-2H3. The molecule has 96 valence electrons. The van der Waals surface area contributed by atoms with Gasteiger partial charge in [-0.2, -0.15) is 5.10 Å². The van der Waals surface area contributed by atoms with E-state index in [0.29, 0.717) is 22.3 Å². The Morgan fingerprint density at radius 2 is 2.11 bits per heavy atom. The van der Waals surface area contributed by atoms with Gasteiger partial charge in [-0.25, -0.2) is 4.39 Å². The van der Waals surface area contributed by atoms with Crippen molar-refractivity contribution >= 4 is 28.9 Å². The van der Waals surface area contributed by atoms with Crippen LogP contribution in [0.15, 0.2) is 18.2 Å². The van der Waals surface area contributed by atoms with Crippen LogP contribution in [0.1, 0.15) is 11.4 Å². The lowest BCUT2D eigenvalue weighted by molar-refractivity contribution is 0.628. The van der Waals surface area contributed by atoms with E-state index in [1.54, 1.807) is 4.68 Å². The van der Waals surface area contributed by atoms with Gasteiger partial charge in [0.25, 0.3) is 0 Å². The number of nitrogens with zero attached hydrogens (tertiary/aromatic N) is 2. The third-order valence-electron chi connectivity index (χ3n) is 2.64. The van der Waals surface area contributed by atoms with Crippen molar-refractivity contribution in [3.8, 4) is 0 Å². The summed E-state index contributed by atoms with van der Waals surface area (Å²) in [6.07, 6.45) is 0. The Hall–Kier alpha value is -1.26. The second-order valence-corrected chi connectivity index (χ2v) is 4.73. The van der Waals surface area contributed by atoms with Crippen molar-refractivity contribution in [3.05, 3.63) is 45.4 Å². The van der Waals surface area contributed by atoms with E-state index in [2.05, 4.69) is 10.4 Å². The molecule has 0 aliphatic rings. The minimum atomic E-state index is -0.339. The van der Waals surface area contributed by atoms with Crippen LogP contribution in [0.2, 0.25) is 10.0 Å². The molecule has 0 aliphatic carbocycles. The van der Waals surface area contributed by atoms with Crippen molar-refractivity contribution in [1.82, 2.24) is 9.78 Å². The maximum Gasteiger partial charge on any atom is 0.125 e. The highest BCUT2D eigenvalue weighted by molar-refractivity contribution is 6.33. The van der Waals surface area contributed by atoms with Crippen LogP contribution in [-0.2, 0) is 13.6 Å². The molecule has 0 saturated carbocycles. The average molecular weight is 288 g/mol. The molecule has 3 nitrogen and oxygen atoms in total. The van der Waals surface area contributed by atoms with Gasteiger partial charge in [0.15, 0.2) is 0 Å². The van der Waals surface area contributed by atoms with E-state index in [1.165, 1.54) is 18.2 Å². The molecule has 18 heavy (non-hydrogen) atoms. The zero-order chi connectivity index (χ0) is 13.3. The minimum absolute atomic E-state index is 0.339. The van der Waals surface area contributed by atoms with Gasteiger partial charge < -0.3 is 5.32 Å². The summed E-state index contributed by atoms with van der Waals surface area (Å²) >= 11 is 12.1. The Labute approximate surface area is 115 Å². The summed E-state index contributed by atoms with van der Waals surface area (Å²) in [6, 6.07) is 4.17. The van der Waals surface area contributed by atoms with E-state index in [9.17, 15) is 4.39 Å². The van der Waals surface area contributed by atoms with E-state index in [-0.39, 0.29) is 5.82 Å². The molecule has 0 radical (unpaired) electrons. The van der Waals surface area contributed by atoms with Crippen molar-refractivity contribution in [2.75, 3.05) is 5.32 Å². The molecule has 0 fully saturated rings. The number of aryl methyl sites for hydroxylation is 2. The molecule has 0 unspecified atom stereocenters. The first-order valence-corrected chi connectivity index (χ1v) is 6.11. The van der Waals surface area contributed by atoms with E-state index in [0.717, 1.165) is 11.4 Å². The number of rotatable bonds is 3. The quantitative estimate of drug-likeness (QED) is 0.931. The maximum absolute atomic E-state index is 13.1. The van der Waals surface area contributed by atoms with Crippen LogP contribution in [0.25, 0.3) is 0 Å². The van der Waals surface area contributed by atoms with Gasteiger partial charge in [0.2, 0.25) is 0 Å². The number of aromatic nitrogens is 2. The molecule has 0 spiro atoms. The van der Waals surface area contributed by atoms with Crippen molar-refractivity contribution in [2.45, 2.75) is 13.5 Å². The van der Waals surface area contributed by atoms with Gasteiger partial charge >= 0.3 is 0 Å². The summed E-state index contributed by atoms with van der Waals surface area (Å²) < 4.78 is 14.8. The second kappa shape index (κ2) is 5.16. The fourth-order valence-corrected chi connectivity index (χ4v) is 2.10. The molecule has 0 bridgehead atoms. The minimum Gasteiger partial charge on any atom is -0.378 e. The highest BCUT2D eigenvalue weighted by atomic mass is 35.5. The van der Waals surface area contributed by atoms with E-state index >= 15 is 0 Å². The highest BCUT2D eigenvalue weighted by Gasteiger charge is 2.11. The van der Waals surface area contributed by atoms with Crippen LogP contribution in [0.4, 0.5) is 10.1 Å². The Kier molecular flexibility index (Phi) is 3.78. The summed E-state index contributed by atoms with van der Waals surface area (Å²) in [5.74, 6) is -0.339. The molecule has 0 atom stereocenters. The summed E-state index contributed by atoms with van der Waals surface area (Å²) in [4.78, 5) is 0. The van der Waals surface area contributed by atoms with Gasteiger partial charge in [0.1, 0.15) is 5.82 Å². The molecule has 2 rings (SSSR count). The van der Waals surface area contributed by atoms with Crippen LogP contribution in [-0.4, -0.2) is 9.78 Å². The van der Waals surface area contributed by atoms with Crippen LogP contribution in [0.3, 0.4) is 0 Å². The molecule has 1 N–H and O–H groups in total. The van der Waals surface area contributed by atoms with Crippen molar-refractivity contribution in [3.63, 3.8) is 0 Å². The average Bonchev–Trinajstić information content (AvgIpc) is 2.55. The summed E-state index contributed by atoms with van der Waals surface area (Å²) in [5, 5.41) is 8.32. The fraction of sp³-hybridized carbons (Fsp3) is 0.250. The molecular formula is C12H12Cl2FN3. The van der Waals surface area contributed by atoms with Gasteiger partial charge in [-0.15, -0.1) is 0 Å². The largest absolute Gasteiger partial charge is 0.378 e. The summed E-state index contributed by atoms with van der Waals surface area (Å²) in [6.45, 7) is 2.26. The second-order valence-electron chi connectivity index (χ2n) is 3.95. The van der Waals surface area contributed by atoms with E-state index in [1.807, 2.05) is 14.0 Å². The number of benzene rings is 1. The molecule has 1 aromatic heterocycles. The monoisotopic (exact) mass is 287 g/mol. The molecule has 0 aliphatic heterocycles. The number of hydrogen-bond donors (Lipinski definition) is 1. The Balaban J connectivity index is 2.19. The van der Waals surface area contributed by atoms with Crippen molar-refractivity contribution in [1.29, 1.82) is 0 Å². The number of anilines is 1. The lowest BCUT2D eigenvalue weighted by Gasteiger charge is -2.09. The molecule has 1 heterocycles. The molecule has 6 heteroatoms. The first-order valence-electron chi connectivity index (χ1n) is 5.36. The molecule has 1 aromatic carbocycles. The third kappa shape index (κ3) is 2.60. The van der Waals surface area contributed by atoms with Crippen molar-refractivity contribution < 1.29 is 4.39 Å². The van der Waals surface area contributed by atoms with E-state index in [4.69, 9.17) is 23.2 Å². The molecular weight excluding hydrogens is 276 g/mol. The number of hydrogen-bond acceptors (Lipinski definition) is 2.